The minimum absolute atomic E-state index is 0.0848. The third-order valence-corrected chi connectivity index (χ3v) is 5.74. The van der Waals surface area contributed by atoms with E-state index in [0.717, 1.165) is 51.6 Å². The highest BCUT2D eigenvalue weighted by Gasteiger charge is 2.26. The molecule has 0 bridgehead atoms. The number of nitrogens with zero attached hydrogens (tertiary/aromatic N) is 3. The van der Waals surface area contributed by atoms with E-state index in [2.05, 4.69) is 53.2 Å². The van der Waals surface area contributed by atoms with Gasteiger partial charge in [-0.2, -0.15) is 0 Å². The van der Waals surface area contributed by atoms with E-state index in [1.54, 1.807) is 0 Å². The fourth-order valence-electron chi connectivity index (χ4n) is 3.73. The summed E-state index contributed by atoms with van der Waals surface area (Å²) in [5.74, 6) is 0.737. The molecular weight excluding hydrogens is 336 g/mol. The summed E-state index contributed by atoms with van der Waals surface area (Å²) in [4.78, 5) is 19.5. The standard InChI is InChI=1S/C22H36N4O/c1-3-11-26(18-21-9-10-21)22(27)23-16-19-5-7-20(8-6-19)17-25-14-12-24(4-2)13-15-25/h5-8,21H,3-4,9-18H2,1-2H3,(H,23,27). The first-order valence-corrected chi connectivity index (χ1v) is 10.7. The molecule has 0 aromatic heterocycles. The molecule has 5 heteroatoms. The molecule has 1 heterocycles. The number of nitrogens with one attached hydrogen (secondary N) is 1. The molecule has 1 N–H and O–H groups in total. The summed E-state index contributed by atoms with van der Waals surface area (Å²) in [5, 5.41) is 3.10. The summed E-state index contributed by atoms with van der Waals surface area (Å²) in [6.07, 6.45) is 3.58. The Hall–Kier alpha value is -1.59. The highest BCUT2D eigenvalue weighted by molar-refractivity contribution is 5.74. The number of amides is 2. The average Bonchev–Trinajstić information content (AvgIpc) is 3.51. The number of rotatable bonds is 9. The third kappa shape index (κ3) is 6.51. The molecule has 27 heavy (non-hydrogen) atoms. The molecule has 3 rings (SSSR count). The first kappa shape index (κ1) is 20.2. The van der Waals surface area contributed by atoms with E-state index in [9.17, 15) is 4.79 Å². The van der Waals surface area contributed by atoms with Crippen molar-refractivity contribution in [2.24, 2.45) is 5.92 Å². The van der Waals surface area contributed by atoms with Crippen LogP contribution in [0.4, 0.5) is 4.79 Å². The number of carbonyl (C=O) groups is 1. The van der Waals surface area contributed by atoms with Gasteiger partial charge in [-0.3, -0.25) is 4.90 Å². The molecular formula is C22H36N4O. The van der Waals surface area contributed by atoms with Gasteiger partial charge in [0.2, 0.25) is 0 Å². The maximum Gasteiger partial charge on any atom is 0.317 e. The molecule has 150 valence electrons. The molecule has 0 spiro atoms. The largest absolute Gasteiger partial charge is 0.334 e. The zero-order valence-corrected chi connectivity index (χ0v) is 17.1. The normalized spacial score (nSPS) is 18.4. The van der Waals surface area contributed by atoms with Gasteiger partial charge in [-0.25, -0.2) is 4.79 Å². The van der Waals surface area contributed by atoms with Gasteiger partial charge in [0.15, 0.2) is 0 Å². The van der Waals surface area contributed by atoms with Crippen LogP contribution in [-0.4, -0.2) is 66.5 Å². The van der Waals surface area contributed by atoms with Crippen LogP contribution in [0.3, 0.4) is 0 Å². The van der Waals surface area contributed by atoms with Crippen LogP contribution in [0.1, 0.15) is 44.2 Å². The van der Waals surface area contributed by atoms with Crippen molar-refractivity contribution in [1.29, 1.82) is 0 Å². The number of likely N-dealkylation sites (N-methyl/N-ethyl adjacent to an activating group) is 1. The molecule has 0 radical (unpaired) electrons. The Morgan fingerprint density at radius 2 is 1.67 bits per heavy atom. The zero-order chi connectivity index (χ0) is 19.1. The van der Waals surface area contributed by atoms with Crippen molar-refractivity contribution in [3.63, 3.8) is 0 Å². The van der Waals surface area contributed by atoms with Crippen molar-refractivity contribution in [1.82, 2.24) is 20.0 Å². The lowest BCUT2D eigenvalue weighted by Crippen LogP contribution is -2.45. The molecule has 2 amide bonds. The van der Waals surface area contributed by atoms with E-state index in [1.165, 1.54) is 37.1 Å². The van der Waals surface area contributed by atoms with E-state index in [1.807, 2.05) is 4.90 Å². The molecule has 1 saturated heterocycles. The highest BCUT2D eigenvalue weighted by atomic mass is 16.2. The first-order valence-electron chi connectivity index (χ1n) is 10.7. The van der Waals surface area contributed by atoms with Gasteiger partial charge in [-0.15, -0.1) is 0 Å². The van der Waals surface area contributed by atoms with Crippen LogP contribution in [0.5, 0.6) is 0 Å². The minimum Gasteiger partial charge on any atom is -0.334 e. The van der Waals surface area contributed by atoms with Gasteiger partial charge in [0.25, 0.3) is 0 Å². The van der Waals surface area contributed by atoms with Gasteiger partial charge in [0.05, 0.1) is 0 Å². The summed E-state index contributed by atoms with van der Waals surface area (Å²) < 4.78 is 0. The van der Waals surface area contributed by atoms with Crippen LogP contribution in [0.25, 0.3) is 0 Å². The molecule has 5 nitrogen and oxygen atoms in total. The third-order valence-electron chi connectivity index (χ3n) is 5.74. The van der Waals surface area contributed by atoms with E-state index in [0.29, 0.717) is 6.54 Å². The predicted octanol–water partition coefficient (Wildman–Crippen LogP) is 3.16. The Morgan fingerprint density at radius 3 is 2.26 bits per heavy atom. The van der Waals surface area contributed by atoms with Gasteiger partial charge in [0.1, 0.15) is 0 Å². The number of hydrogen-bond donors (Lipinski definition) is 1. The number of piperazine rings is 1. The molecule has 1 aliphatic heterocycles. The van der Waals surface area contributed by atoms with Crippen molar-refractivity contribution >= 4 is 6.03 Å². The second-order valence-corrected chi connectivity index (χ2v) is 8.08. The molecule has 0 unspecified atom stereocenters. The lowest BCUT2D eigenvalue weighted by Gasteiger charge is -2.34. The summed E-state index contributed by atoms with van der Waals surface area (Å²) >= 11 is 0. The number of hydrogen-bond acceptors (Lipinski definition) is 3. The fraction of sp³-hybridized carbons (Fsp3) is 0.682. The SMILES string of the molecule is CCCN(CC1CC1)C(=O)NCc1ccc(CN2CCN(CC)CC2)cc1. The van der Waals surface area contributed by atoms with E-state index < -0.39 is 0 Å². The zero-order valence-electron chi connectivity index (χ0n) is 17.1. The number of urea groups is 1. The van der Waals surface area contributed by atoms with Crippen molar-refractivity contribution in [2.75, 3.05) is 45.8 Å². The molecule has 0 atom stereocenters. The van der Waals surface area contributed by atoms with Crippen molar-refractivity contribution in [3.05, 3.63) is 35.4 Å². The second-order valence-electron chi connectivity index (χ2n) is 8.08. The van der Waals surface area contributed by atoms with Crippen LogP contribution in [0, 0.1) is 5.92 Å². The summed E-state index contributed by atoms with van der Waals surface area (Å²) in [7, 11) is 0. The van der Waals surface area contributed by atoms with Crippen LogP contribution in [0.2, 0.25) is 0 Å². The molecule has 1 aromatic carbocycles. The van der Waals surface area contributed by atoms with E-state index in [4.69, 9.17) is 0 Å². The van der Waals surface area contributed by atoms with Crippen LogP contribution >= 0.6 is 0 Å². The Labute approximate surface area is 164 Å². The fourth-order valence-corrected chi connectivity index (χ4v) is 3.73. The van der Waals surface area contributed by atoms with E-state index in [-0.39, 0.29) is 6.03 Å². The average molecular weight is 373 g/mol. The highest BCUT2D eigenvalue weighted by Crippen LogP contribution is 2.29. The monoisotopic (exact) mass is 372 g/mol. The molecule has 1 saturated carbocycles. The quantitative estimate of drug-likeness (QED) is 0.724. The lowest BCUT2D eigenvalue weighted by atomic mass is 10.1. The van der Waals surface area contributed by atoms with Gasteiger partial charge in [-0.05, 0) is 42.9 Å². The van der Waals surface area contributed by atoms with Crippen LogP contribution in [-0.2, 0) is 13.1 Å². The lowest BCUT2D eigenvalue weighted by molar-refractivity contribution is 0.132. The molecule has 2 fully saturated rings. The van der Waals surface area contributed by atoms with Crippen molar-refractivity contribution < 1.29 is 4.79 Å². The molecule has 1 aliphatic carbocycles. The molecule has 2 aliphatic rings. The summed E-state index contributed by atoms with van der Waals surface area (Å²) in [6, 6.07) is 8.82. The van der Waals surface area contributed by atoms with Gasteiger partial charge in [0, 0.05) is 52.4 Å². The number of carbonyl (C=O) groups excluding carboxylic acids is 1. The first-order chi connectivity index (χ1) is 13.2. The van der Waals surface area contributed by atoms with Crippen LogP contribution < -0.4 is 5.32 Å². The van der Waals surface area contributed by atoms with Gasteiger partial charge < -0.3 is 15.1 Å². The number of benzene rings is 1. The second kappa shape index (κ2) is 10.1. The molecule has 1 aromatic rings. The summed E-state index contributed by atoms with van der Waals surface area (Å²) in [6.45, 7) is 13.6. The topological polar surface area (TPSA) is 38.8 Å². The Morgan fingerprint density at radius 1 is 1.04 bits per heavy atom. The van der Waals surface area contributed by atoms with Gasteiger partial charge in [-0.1, -0.05) is 38.1 Å². The Bertz CT molecular complexity index is 576. The maximum absolute atomic E-state index is 12.5. The Balaban J connectivity index is 1.42. The van der Waals surface area contributed by atoms with Crippen LogP contribution in [0.15, 0.2) is 24.3 Å². The predicted molar refractivity (Wildman–Crippen MR) is 111 cm³/mol. The maximum atomic E-state index is 12.5. The van der Waals surface area contributed by atoms with Crippen molar-refractivity contribution in [2.45, 2.75) is 46.2 Å². The minimum atomic E-state index is 0.0848. The van der Waals surface area contributed by atoms with Gasteiger partial charge >= 0.3 is 6.03 Å². The van der Waals surface area contributed by atoms with E-state index >= 15 is 0 Å². The Kier molecular flexibility index (Phi) is 7.53. The van der Waals surface area contributed by atoms with Crippen molar-refractivity contribution in [3.8, 4) is 0 Å². The summed E-state index contributed by atoms with van der Waals surface area (Å²) in [5.41, 5.74) is 2.53. The smallest absolute Gasteiger partial charge is 0.317 e.